The highest BCUT2D eigenvalue weighted by atomic mass is 16.5. The summed E-state index contributed by atoms with van der Waals surface area (Å²) in [6.45, 7) is 0. The van der Waals surface area contributed by atoms with Gasteiger partial charge < -0.3 is 9.84 Å². The average Bonchev–Trinajstić information content (AvgIpc) is 2.48. The van der Waals surface area contributed by atoms with Gasteiger partial charge in [0, 0.05) is 6.42 Å². The lowest BCUT2D eigenvalue weighted by Gasteiger charge is -2.10. The minimum Gasteiger partial charge on any atom is -0.497 e. The predicted octanol–water partition coefficient (Wildman–Crippen LogP) is 2.54. The van der Waals surface area contributed by atoms with Gasteiger partial charge in [-0.3, -0.25) is 4.79 Å². The van der Waals surface area contributed by atoms with Crippen LogP contribution in [0.15, 0.2) is 54.6 Å². The smallest absolute Gasteiger partial charge is 0.170 e. The molecule has 2 aromatic carbocycles. The van der Waals surface area contributed by atoms with Gasteiger partial charge in [-0.05, 0) is 23.3 Å². The van der Waals surface area contributed by atoms with Crippen molar-refractivity contribution in [3.63, 3.8) is 0 Å². The third kappa shape index (κ3) is 3.42. The number of hydrogen-bond acceptors (Lipinski definition) is 3. The van der Waals surface area contributed by atoms with Gasteiger partial charge in [0.1, 0.15) is 11.9 Å². The Kier molecular flexibility index (Phi) is 4.31. The molecule has 0 amide bonds. The Morgan fingerprint density at radius 1 is 1.11 bits per heavy atom. The second-order valence-corrected chi connectivity index (χ2v) is 4.30. The first kappa shape index (κ1) is 13.3. The molecule has 0 radical (unpaired) electrons. The fourth-order valence-electron chi connectivity index (χ4n) is 1.86. The van der Waals surface area contributed by atoms with Crippen LogP contribution in [0.2, 0.25) is 0 Å². The number of ketones is 1. The average molecular weight is 256 g/mol. The number of Topliss-reactive ketones (excluding diaryl/α,β-unsaturated/α-hetero) is 1. The van der Waals surface area contributed by atoms with Crippen molar-refractivity contribution in [2.75, 3.05) is 7.11 Å². The SMILES string of the molecule is COc1ccc(CC(=O)C(O)c2ccccc2)cc1. The maximum absolute atomic E-state index is 12.0. The summed E-state index contributed by atoms with van der Waals surface area (Å²) in [6, 6.07) is 16.2. The topological polar surface area (TPSA) is 46.5 Å². The molecule has 0 aliphatic carbocycles. The number of carbonyl (C=O) groups is 1. The number of benzene rings is 2. The van der Waals surface area contributed by atoms with Crippen LogP contribution in [0.25, 0.3) is 0 Å². The van der Waals surface area contributed by atoms with Gasteiger partial charge in [0.05, 0.1) is 7.11 Å². The molecule has 0 heterocycles. The number of hydrogen-bond donors (Lipinski definition) is 1. The number of aliphatic hydroxyl groups excluding tert-OH is 1. The van der Waals surface area contributed by atoms with Crippen LogP contribution in [0.3, 0.4) is 0 Å². The molecule has 1 atom stereocenters. The molecule has 0 bridgehead atoms. The van der Waals surface area contributed by atoms with Crippen molar-refractivity contribution in [2.24, 2.45) is 0 Å². The summed E-state index contributed by atoms with van der Waals surface area (Å²) in [7, 11) is 1.60. The summed E-state index contributed by atoms with van der Waals surface area (Å²) >= 11 is 0. The molecule has 0 spiro atoms. The molecular formula is C16H16O3. The molecule has 2 rings (SSSR count). The van der Waals surface area contributed by atoms with E-state index in [1.165, 1.54) is 0 Å². The number of methoxy groups -OCH3 is 1. The fraction of sp³-hybridized carbons (Fsp3) is 0.188. The Labute approximate surface area is 112 Å². The molecule has 1 unspecified atom stereocenters. The third-order valence-electron chi connectivity index (χ3n) is 2.96. The van der Waals surface area contributed by atoms with Crippen LogP contribution >= 0.6 is 0 Å². The van der Waals surface area contributed by atoms with Gasteiger partial charge in [-0.1, -0.05) is 42.5 Å². The molecule has 3 nitrogen and oxygen atoms in total. The van der Waals surface area contributed by atoms with Gasteiger partial charge in [0.15, 0.2) is 5.78 Å². The maximum atomic E-state index is 12.0. The van der Waals surface area contributed by atoms with Crippen molar-refractivity contribution in [3.05, 3.63) is 65.7 Å². The molecule has 0 aliphatic rings. The monoisotopic (exact) mass is 256 g/mol. The molecule has 2 aromatic rings. The van der Waals surface area contributed by atoms with E-state index in [4.69, 9.17) is 4.74 Å². The highest BCUT2D eigenvalue weighted by Gasteiger charge is 2.17. The van der Waals surface area contributed by atoms with Crippen molar-refractivity contribution in [3.8, 4) is 5.75 Å². The second-order valence-electron chi connectivity index (χ2n) is 4.30. The molecule has 0 aromatic heterocycles. The largest absolute Gasteiger partial charge is 0.497 e. The van der Waals surface area contributed by atoms with Crippen LogP contribution in [0.5, 0.6) is 5.75 Å². The lowest BCUT2D eigenvalue weighted by molar-refractivity contribution is -0.126. The van der Waals surface area contributed by atoms with E-state index in [1.54, 1.807) is 43.5 Å². The summed E-state index contributed by atoms with van der Waals surface area (Å²) in [5, 5.41) is 9.98. The minimum absolute atomic E-state index is 0.208. The number of carbonyl (C=O) groups excluding carboxylic acids is 1. The standard InChI is InChI=1S/C16H16O3/c1-19-14-9-7-12(8-10-14)11-15(17)16(18)13-5-3-2-4-6-13/h2-10,16,18H,11H2,1H3. The zero-order valence-corrected chi connectivity index (χ0v) is 10.7. The van der Waals surface area contributed by atoms with Gasteiger partial charge in [0.2, 0.25) is 0 Å². The van der Waals surface area contributed by atoms with Crippen LogP contribution in [-0.4, -0.2) is 18.0 Å². The summed E-state index contributed by atoms with van der Waals surface area (Å²) < 4.78 is 5.06. The second kappa shape index (κ2) is 6.16. The van der Waals surface area contributed by atoms with E-state index in [9.17, 15) is 9.90 Å². The zero-order chi connectivity index (χ0) is 13.7. The van der Waals surface area contributed by atoms with E-state index in [0.717, 1.165) is 11.3 Å². The Morgan fingerprint density at radius 2 is 1.74 bits per heavy atom. The quantitative estimate of drug-likeness (QED) is 0.894. The van der Waals surface area contributed by atoms with E-state index in [-0.39, 0.29) is 12.2 Å². The number of ether oxygens (including phenoxy) is 1. The third-order valence-corrected chi connectivity index (χ3v) is 2.96. The molecule has 19 heavy (non-hydrogen) atoms. The normalized spacial score (nSPS) is 11.9. The first-order chi connectivity index (χ1) is 9.20. The molecule has 0 aliphatic heterocycles. The van der Waals surface area contributed by atoms with E-state index < -0.39 is 6.10 Å². The summed E-state index contributed by atoms with van der Waals surface area (Å²) in [4.78, 5) is 12.0. The Balaban J connectivity index is 2.04. The van der Waals surface area contributed by atoms with Crippen LogP contribution in [0.1, 0.15) is 17.2 Å². The lowest BCUT2D eigenvalue weighted by Crippen LogP contribution is -2.14. The molecular weight excluding hydrogens is 240 g/mol. The molecule has 0 fully saturated rings. The lowest BCUT2D eigenvalue weighted by atomic mass is 10.00. The molecule has 98 valence electrons. The minimum atomic E-state index is -1.07. The molecule has 0 saturated heterocycles. The van der Waals surface area contributed by atoms with Gasteiger partial charge in [0.25, 0.3) is 0 Å². The van der Waals surface area contributed by atoms with E-state index in [1.807, 2.05) is 18.2 Å². The first-order valence-corrected chi connectivity index (χ1v) is 6.09. The summed E-state index contributed by atoms with van der Waals surface area (Å²) in [5.41, 5.74) is 1.49. The van der Waals surface area contributed by atoms with Crippen molar-refractivity contribution in [1.29, 1.82) is 0 Å². The first-order valence-electron chi connectivity index (χ1n) is 6.09. The van der Waals surface area contributed by atoms with Gasteiger partial charge in [-0.15, -0.1) is 0 Å². The Hall–Kier alpha value is -2.13. The van der Waals surface area contributed by atoms with Gasteiger partial charge >= 0.3 is 0 Å². The van der Waals surface area contributed by atoms with Crippen molar-refractivity contribution in [1.82, 2.24) is 0 Å². The predicted molar refractivity (Wildman–Crippen MR) is 73.1 cm³/mol. The Morgan fingerprint density at radius 3 is 2.32 bits per heavy atom. The fourth-order valence-corrected chi connectivity index (χ4v) is 1.86. The highest BCUT2D eigenvalue weighted by molar-refractivity contribution is 5.86. The molecule has 0 saturated carbocycles. The van der Waals surface area contributed by atoms with E-state index in [2.05, 4.69) is 0 Å². The van der Waals surface area contributed by atoms with Crippen LogP contribution in [-0.2, 0) is 11.2 Å². The van der Waals surface area contributed by atoms with Gasteiger partial charge in [-0.25, -0.2) is 0 Å². The summed E-state index contributed by atoms with van der Waals surface area (Å²) in [6.07, 6.45) is -0.858. The van der Waals surface area contributed by atoms with Crippen LogP contribution < -0.4 is 4.74 Å². The van der Waals surface area contributed by atoms with E-state index in [0.29, 0.717) is 5.56 Å². The van der Waals surface area contributed by atoms with Crippen molar-refractivity contribution >= 4 is 5.78 Å². The zero-order valence-electron chi connectivity index (χ0n) is 10.7. The van der Waals surface area contributed by atoms with Crippen molar-refractivity contribution < 1.29 is 14.6 Å². The number of aliphatic hydroxyl groups is 1. The molecule has 1 N–H and O–H groups in total. The Bertz CT molecular complexity index is 532. The highest BCUT2D eigenvalue weighted by Crippen LogP contribution is 2.17. The number of rotatable bonds is 5. The van der Waals surface area contributed by atoms with Crippen LogP contribution in [0.4, 0.5) is 0 Å². The maximum Gasteiger partial charge on any atom is 0.170 e. The van der Waals surface area contributed by atoms with Crippen LogP contribution in [0, 0.1) is 0 Å². The summed E-state index contributed by atoms with van der Waals surface area (Å²) in [5.74, 6) is 0.538. The molecule has 3 heteroatoms. The van der Waals surface area contributed by atoms with E-state index >= 15 is 0 Å². The van der Waals surface area contributed by atoms with Gasteiger partial charge in [-0.2, -0.15) is 0 Å². The van der Waals surface area contributed by atoms with Crippen molar-refractivity contribution in [2.45, 2.75) is 12.5 Å².